The zero-order valence-electron chi connectivity index (χ0n) is 14.1. The molecule has 3 aromatic carbocycles. The van der Waals surface area contributed by atoms with E-state index in [1.54, 1.807) is 0 Å². The summed E-state index contributed by atoms with van der Waals surface area (Å²) in [6.45, 7) is 0.359. The van der Waals surface area contributed by atoms with Crippen molar-refractivity contribution in [3.05, 3.63) is 92.9 Å². The molecule has 0 fully saturated rings. The van der Waals surface area contributed by atoms with Gasteiger partial charge in [-0.15, -0.1) is 0 Å². The highest BCUT2D eigenvalue weighted by Crippen LogP contribution is 2.30. The predicted octanol–water partition coefficient (Wildman–Crippen LogP) is 6.64. The molecule has 3 nitrogen and oxygen atoms in total. The highest BCUT2D eigenvalue weighted by atomic mass is 35.5. The number of aliphatic imine (C=N–C) groups is 2. The van der Waals surface area contributed by atoms with E-state index in [9.17, 15) is 0 Å². The molecule has 0 saturated heterocycles. The fraction of sp³-hybridized carbons (Fsp3) is 0.0476. The third kappa shape index (κ3) is 3.86. The Bertz CT molecular complexity index is 1070. The SMILES string of the molecule is Clc1ccc2c(c1)C(c1ccccc1Cl)=NCC(=Nc1ccccc1Cl)N2. The minimum Gasteiger partial charge on any atom is -0.342 e. The molecule has 1 N–H and O–H groups in total. The molecule has 3 aromatic rings. The lowest BCUT2D eigenvalue weighted by molar-refractivity contribution is 1.27. The molecule has 0 aliphatic carbocycles. The lowest BCUT2D eigenvalue weighted by Gasteiger charge is -2.12. The summed E-state index contributed by atoms with van der Waals surface area (Å²) in [6.07, 6.45) is 0. The highest BCUT2D eigenvalue weighted by molar-refractivity contribution is 6.37. The Morgan fingerprint density at radius 1 is 0.815 bits per heavy atom. The molecule has 1 heterocycles. The third-order valence-corrected chi connectivity index (χ3v) is 5.02. The minimum atomic E-state index is 0.359. The van der Waals surface area contributed by atoms with Crippen molar-refractivity contribution in [2.45, 2.75) is 0 Å². The Balaban J connectivity index is 1.85. The number of rotatable bonds is 2. The highest BCUT2D eigenvalue weighted by Gasteiger charge is 2.19. The summed E-state index contributed by atoms with van der Waals surface area (Å²) in [5, 5.41) is 5.20. The summed E-state index contributed by atoms with van der Waals surface area (Å²) in [7, 11) is 0. The number of hydrogen-bond donors (Lipinski definition) is 1. The summed E-state index contributed by atoms with van der Waals surface area (Å²) in [6, 6.07) is 20.7. The Labute approximate surface area is 172 Å². The second kappa shape index (κ2) is 7.73. The van der Waals surface area contributed by atoms with Crippen molar-refractivity contribution in [2.75, 3.05) is 11.9 Å². The Morgan fingerprint density at radius 3 is 2.33 bits per heavy atom. The summed E-state index contributed by atoms with van der Waals surface area (Å²) in [5.74, 6) is 0.689. The van der Waals surface area contributed by atoms with Gasteiger partial charge in [-0.3, -0.25) is 4.99 Å². The largest absolute Gasteiger partial charge is 0.342 e. The summed E-state index contributed by atoms with van der Waals surface area (Å²) in [5.41, 5.74) is 4.05. The number of fused-ring (bicyclic) bond motifs is 1. The second-order valence-electron chi connectivity index (χ2n) is 5.97. The van der Waals surface area contributed by atoms with Crippen molar-refractivity contribution in [1.82, 2.24) is 0 Å². The van der Waals surface area contributed by atoms with E-state index in [0.29, 0.717) is 33.1 Å². The molecular formula is C21H14Cl3N3. The van der Waals surface area contributed by atoms with Crippen molar-refractivity contribution in [3.8, 4) is 0 Å². The van der Waals surface area contributed by atoms with Crippen molar-refractivity contribution in [1.29, 1.82) is 0 Å². The van der Waals surface area contributed by atoms with E-state index >= 15 is 0 Å². The van der Waals surface area contributed by atoms with Crippen LogP contribution in [0.25, 0.3) is 0 Å². The average molecular weight is 415 g/mol. The van der Waals surface area contributed by atoms with Gasteiger partial charge in [-0.05, 0) is 36.4 Å². The maximum absolute atomic E-state index is 6.42. The molecule has 0 atom stereocenters. The molecule has 27 heavy (non-hydrogen) atoms. The molecule has 1 aliphatic heterocycles. The maximum Gasteiger partial charge on any atom is 0.128 e. The number of nitrogens with zero attached hydrogens (tertiary/aromatic N) is 2. The van der Waals surface area contributed by atoms with Gasteiger partial charge in [0.1, 0.15) is 5.84 Å². The van der Waals surface area contributed by atoms with Gasteiger partial charge in [-0.25, -0.2) is 4.99 Å². The normalized spacial score (nSPS) is 14.9. The number of nitrogens with one attached hydrogen (secondary N) is 1. The zero-order chi connectivity index (χ0) is 18.8. The molecule has 6 heteroatoms. The van der Waals surface area contributed by atoms with Crippen LogP contribution in [0.4, 0.5) is 11.4 Å². The topological polar surface area (TPSA) is 36.8 Å². The summed E-state index contributed by atoms with van der Waals surface area (Å²) >= 11 is 18.9. The lowest BCUT2D eigenvalue weighted by atomic mass is 10.0. The number of hydrogen-bond acceptors (Lipinski definition) is 2. The first-order valence-electron chi connectivity index (χ1n) is 8.30. The first-order valence-corrected chi connectivity index (χ1v) is 9.43. The number of halogens is 3. The molecule has 134 valence electrons. The van der Waals surface area contributed by atoms with Crippen LogP contribution in [-0.4, -0.2) is 18.1 Å². The number of benzene rings is 3. The summed E-state index contributed by atoms with van der Waals surface area (Å²) in [4.78, 5) is 9.43. The fourth-order valence-corrected chi connectivity index (χ4v) is 3.47. The minimum absolute atomic E-state index is 0.359. The number of amidine groups is 1. The molecule has 4 rings (SSSR count). The van der Waals surface area contributed by atoms with E-state index in [1.807, 2.05) is 66.7 Å². The van der Waals surface area contributed by atoms with Gasteiger partial charge in [0.25, 0.3) is 0 Å². The van der Waals surface area contributed by atoms with E-state index in [4.69, 9.17) is 39.8 Å². The van der Waals surface area contributed by atoms with Gasteiger partial charge in [0, 0.05) is 26.9 Å². The van der Waals surface area contributed by atoms with E-state index < -0.39 is 0 Å². The standard InChI is InChI=1S/C21H14Cl3N3/c22-13-9-10-18-15(11-13)21(14-5-1-2-6-16(14)23)25-12-20(26-18)27-19-8-4-3-7-17(19)24/h1-11H,12H2,(H,26,27). The van der Waals surface area contributed by atoms with Gasteiger partial charge in [0.05, 0.1) is 23.0 Å². The van der Waals surface area contributed by atoms with Crippen LogP contribution in [0.2, 0.25) is 15.1 Å². The lowest BCUT2D eigenvalue weighted by Crippen LogP contribution is -2.14. The van der Waals surface area contributed by atoms with Crippen LogP contribution in [0.5, 0.6) is 0 Å². The quantitative estimate of drug-likeness (QED) is 0.501. The van der Waals surface area contributed by atoms with Gasteiger partial charge >= 0.3 is 0 Å². The number of anilines is 1. The van der Waals surface area contributed by atoms with E-state index in [1.165, 1.54) is 0 Å². The van der Waals surface area contributed by atoms with E-state index in [0.717, 1.165) is 22.5 Å². The monoisotopic (exact) mass is 413 g/mol. The van der Waals surface area contributed by atoms with Gasteiger partial charge in [-0.2, -0.15) is 0 Å². The molecule has 0 amide bonds. The van der Waals surface area contributed by atoms with Crippen LogP contribution in [0.1, 0.15) is 11.1 Å². The molecule has 0 radical (unpaired) electrons. The van der Waals surface area contributed by atoms with Crippen molar-refractivity contribution in [3.63, 3.8) is 0 Å². The summed E-state index contributed by atoms with van der Waals surface area (Å²) < 4.78 is 0. The van der Waals surface area contributed by atoms with E-state index in [2.05, 4.69) is 10.3 Å². The van der Waals surface area contributed by atoms with Gasteiger partial charge < -0.3 is 5.32 Å². The number of benzodiazepines with no additional fused rings is 1. The van der Waals surface area contributed by atoms with Crippen LogP contribution in [0.15, 0.2) is 76.7 Å². The van der Waals surface area contributed by atoms with Crippen molar-refractivity contribution in [2.24, 2.45) is 9.98 Å². The Morgan fingerprint density at radius 2 is 1.56 bits per heavy atom. The fourth-order valence-electron chi connectivity index (χ4n) is 2.89. The van der Waals surface area contributed by atoms with Crippen LogP contribution >= 0.6 is 34.8 Å². The number of para-hydroxylation sites is 1. The molecule has 0 saturated carbocycles. The third-order valence-electron chi connectivity index (χ3n) is 4.14. The average Bonchev–Trinajstić information content (AvgIpc) is 2.83. The predicted molar refractivity (Wildman–Crippen MR) is 116 cm³/mol. The van der Waals surface area contributed by atoms with E-state index in [-0.39, 0.29) is 0 Å². The smallest absolute Gasteiger partial charge is 0.128 e. The molecule has 0 aromatic heterocycles. The van der Waals surface area contributed by atoms with Gasteiger partial charge in [0.2, 0.25) is 0 Å². The second-order valence-corrected chi connectivity index (χ2v) is 7.22. The van der Waals surface area contributed by atoms with Crippen molar-refractivity contribution >= 4 is 57.7 Å². The molecule has 1 aliphatic rings. The first kappa shape index (κ1) is 18.1. The Kier molecular flexibility index (Phi) is 5.17. The van der Waals surface area contributed by atoms with Gasteiger partial charge in [0.15, 0.2) is 0 Å². The van der Waals surface area contributed by atoms with Crippen LogP contribution in [0.3, 0.4) is 0 Å². The molecular weight excluding hydrogens is 401 g/mol. The van der Waals surface area contributed by atoms with Crippen molar-refractivity contribution < 1.29 is 0 Å². The molecule has 0 bridgehead atoms. The Hall–Kier alpha value is -2.33. The van der Waals surface area contributed by atoms with Gasteiger partial charge in [-0.1, -0.05) is 65.1 Å². The molecule has 0 unspecified atom stereocenters. The van der Waals surface area contributed by atoms with Crippen LogP contribution < -0.4 is 5.32 Å². The van der Waals surface area contributed by atoms with Crippen LogP contribution in [-0.2, 0) is 0 Å². The maximum atomic E-state index is 6.42. The zero-order valence-corrected chi connectivity index (χ0v) is 16.4. The molecule has 0 spiro atoms. The van der Waals surface area contributed by atoms with Crippen LogP contribution in [0, 0.1) is 0 Å². The first-order chi connectivity index (χ1) is 13.1.